The van der Waals surface area contributed by atoms with Gasteiger partial charge in [0, 0.05) is 21.7 Å². The van der Waals surface area contributed by atoms with E-state index in [0.29, 0.717) is 6.04 Å². The van der Waals surface area contributed by atoms with Crippen molar-refractivity contribution in [3.63, 3.8) is 0 Å². The molecular formula is C16H18ClNS. The maximum atomic E-state index is 6.15. The lowest BCUT2D eigenvalue weighted by Gasteiger charge is -2.11. The van der Waals surface area contributed by atoms with Gasteiger partial charge < -0.3 is 5.32 Å². The summed E-state index contributed by atoms with van der Waals surface area (Å²) < 4.78 is 0. The number of thioether (sulfide) groups is 1. The van der Waals surface area contributed by atoms with E-state index in [1.165, 1.54) is 16.0 Å². The number of benzene rings is 2. The van der Waals surface area contributed by atoms with Crippen LogP contribution in [0, 0.1) is 0 Å². The van der Waals surface area contributed by atoms with Crippen LogP contribution in [0.5, 0.6) is 0 Å². The topological polar surface area (TPSA) is 12.0 Å². The fourth-order valence-corrected chi connectivity index (χ4v) is 2.98. The molecule has 19 heavy (non-hydrogen) atoms. The van der Waals surface area contributed by atoms with Crippen molar-refractivity contribution in [2.24, 2.45) is 0 Å². The second-order valence-corrected chi connectivity index (χ2v) is 5.92. The number of hydrogen-bond donors (Lipinski definition) is 1. The average molecular weight is 292 g/mol. The van der Waals surface area contributed by atoms with Crippen LogP contribution in [-0.2, 0) is 5.75 Å². The highest BCUT2D eigenvalue weighted by molar-refractivity contribution is 7.98. The Morgan fingerprint density at radius 1 is 1.11 bits per heavy atom. The van der Waals surface area contributed by atoms with Crippen LogP contribution in [-0.4, -0.2) is 7.05 Å². The van der Waals surface area contributed by atoms with Gasteiger partial charge in [0.1, 0.15) is 0 Å². The van der Waals surface area contributed by atoms with Crippen LogP contribution in [0.1, 0.15) is 24.1 Å². The van der Waals surface area contributed by atoms with Gasteiger partial charge >= 0.3 is 0 Å². The van der Waals surface area contributed by atoms with E-state index in [-0.39, 0.29) is 0 Å². The number of rotatable bonds is 5. The fraction of sp³-hybridized carbons (Fsp3) is 0.250. The van der Waals surface area contributed by atoms with Gasteiger partial charge in [0.15, 0.2) is 0 Å². The summed E-state index contributed by atoms with van der Waals surface area (Å²) in [5.74, 6) is 0.903. The third-order valence-corrected chi connectivity index (χ3v) is 4.59. The number of hydrogen-bond acceptors (Lipinski definition) is 2. The molecule has 2 rings (SSSR count). The Morgan fingerprint density at radius 2 is 1.79 bits per heavy atom. The van der Waals surface area contributed by atoms with Gasteiger partial charge in [0.05, 0.1) is 0 Å². The van der Waals surface area contributed by atoms with Crippen molar-refractivity contribution in [2.75, 3.05) is 7.05 Å². The van der Waals surface area contributed by atoms with E-state index in [4.69, 9.17) is 11.6 Å². The molecule has 0 aliphatic heterocycles. The lowest BCUT2D eigenvalue weighted by Crippen LogP contribution is -2.11. The van der Waals surface area contributed by atoms with E-state index < -0.39 is 0 Å². The molecule has 1 atom stereocenters. The van der Waals surface area contributed by atoms with Gasteiger partial charge in [-0.05, 0) is 43.3 Å². The van der Waals surface area contributed by atoms with Crippen LogP contribution in [0.2, 0.25) is 5.02 Å². The molecule has 0 amide bonds. The van der Waals surface area contributed by atoms with E-state index in [2.05, 4.69) is 42.6 Å². The molecule has 1 N–H and O–H groups in total. The summed E-state index contributed by atoms with van der Waals surface area (Å²) in [4.78, 5) is 1.27. The second-order valence-electron chi connectivity index (χ2n) is 4.46. The Labute approximate surface area is 124 Å². The minimum Gasteiger partial charge on any atom is -0.313 e. The molecule has 0 aliphatic rings. The van der Waals surface area contributed by atoms with E-state index in [1.54, 1.807) is 0 Å². The molecule has 0 aliphatic carbocycles. The SMILES string of the molecule is CNC(C)c1ccc(SCc2ccccc2Cl)cc1. The van der Waals surface area contributed by atoms with Crippen LogP contribution in [0.25, 0.3) is 0 Å². The summed E-state index contributed by atoms with van der Waals surface area (Å²) >= 11 is 7.97. The summed E-state index contributed by atoms with van der Waals surface area (Å²) in [6.07, 6.45) is 0. The molecule has 0 saturated heterocycles. The maximum absolute atomic E-state index is 6.15. The van der Waals surface area contributed by atoms with Crippen molar-refractivity contribution in [2.45, 2.75) is 23.6 Å². The maximum Gasteiger partial charge on any atom is 0.0446 e. The molecule has 0 spiro atoms. The van der Waals surface area contributed by atoms with Gasteiger partial charge in [-0.1, -0.05) is 41.9 Å². The summed E-state index contributed by atoms with van der Waals surface area (Å²) in [5, 5.41) is 4.08. The number of nitrogens with one attached hydrogen (secondary N) is 1. The largest absolute Gasteiger partial charge is 0.313 e. The van der Waals surface area contributed by atoms with E-state index >= 15 is 0 Å². The predicted molar refractivity (Wildman–Crippen MR) is 84.9 cm³/mol. The summed E-state index contributed by atoms with van der Waals surface area (Å²) in [7, 11) is 1.98. The highest BCUT2D eigenvalue weighted by Crippen LogP contribution is 2.27. The highest BCUT2D eigenvalue weighted by Gasteiger charge is 2.03. The van der Waals surface area contributed by atoms with Crippen molar-refractivity contribution in [1.82, 2.24) is 5.32 Å². The molecule has 3 heteroatoms. The van der Waals surface area contributed by atoms with Crippen molar-refractivity contribution >= 4 is 23.4 Å². The molecule has 1 nitrogen and oxygen atoms in total. The lowest BCUT2D eigenvalue weighted by atomic mass is 10.1. The first kappa shape index (κ1) is 14.4. The van der Waals surface area contributed by atoms with Crippen LogP contribution < -0.4 is 5.32 Å². The van der Waals surface area contributed by atoms with Gasteiger partial charge in [0.2, 0.25) is 0 Å². The first-order chi connectivity index (χ1) is 9.20. The van der Waals surface area contributed by atoms with E-state index in [0.717, 1.165) is 10.8 Å². The zero-order chi connectivity index (χ0) is 13.7. The van der Waals surface area contributed by atoms with E-state index in [9.17, 15) is 0 Å². The van der Waals surface area contributed by atoms with E-state index in [1.807, 2.05) is 37.0 Å². The van der Waals surface area contributed by atoms with Gasteiger partial charge in [-0.2, -0.15) is 0 Å². The Kier molecular flexibility index (Phi) is 5.32. The molecule has 0 bridgehead atoms. The van der Waals surface area contributed by atoms with Crippen molar-refractivity contribution in [1.29, 1.82) is 0 Å². The molecular weight excluding hydrogens is 274 g/mol. The van der Waals surface area contributed by atoms with Crippen molar-refractivity contribution in [3.05, 3.63) is 64.7 Å². The van der Waals surface area contributed by atoms with Crippen LogP contribution in [0.15, 0.2) is 53.4 Å². The zero-order valence-electron chi connectivity index (χ0n) is 11.2. The molecule has 1 unspecified atom stereocenters. The first-order valence-corrected chi connectivity index (χ1v) is 7.70. The molecule has 0 fully saturated rings. The summed E-state index contributed by atoms with van der Waals surface area (Å²) in [6.45, 7) is 2.16. The quantitative estimate of drug-likeness (QED) is 0.785. The van der Waals surface area contributed by atoms with Gasteiger partial charge in [0.25, 0.3) is 0 Å². The van der Waals surface area contributed by atoms with Gasteiger partial charge in [-0.25, -0.2) is 0 Å². The molecule has 2 aromatic carbocycles. The third kappa shape index (κ3) is 4.00. The van der Waals surface area contributed by atoms with Crippen molar-refractivity contribution < 1.29 is 0 Å². The Bertz CT molecular complexity index is 525. The first-order valence-electron chi connectivity index (χ1n) is 6.34. The smallest absolute Gasteiger partial charge is 0.0446 e. The Hall–Kier alpha value is -0.960. The average Bonchev–Trinajstić information content (AvgIpc) is 2.46. The predicted octanol–water partition coefficient (Wildman–Crippen LogP) is 4.91. The summed E-state index contributed by atoms with van der Waals surface area (Å²) in [6, 6.07) is 17.1. The molecule has 0 radical (unpaired) electrons. The van der Waals surface area contributed by atoms with Crippen LogP contribution in [0.4, 0.5) is 0 Å². The molecule has 0 saturated carbocycles. The van der Waals surface area contributed by atoms with Gasteiger partial charge in [-0.15, -0.1) is 11.8 Å². The highest BCUT2D eigenvalue weighted by atomic mass is 35.5. The monoisotopic (exact) mass is 291 g/mol. The molecule has 2 aromatic rings. The van der Waals surface area contributed by atoms with Crippen LogP contribution >= 0.6 is 23.4 Å². The summed E-state index contributed by atoms with van der Waals surface area (Å²) in [5.41, 5.74) is 2.49. The van der Waals surface area contributed by atoms with Gasteiger partial charge in [-0.3, -0.25) is 0 Å². The molecule has 0 aromatic heterocycles. The standard InChI is InChI=1S/C16H18ClNS/c1-12(18-2)13-7-9-15(10-8-13)19-11-14-5-3-4-6-16(14)17/h3-10,12,18H,11H2,1-2H3. The zero-order valence-corrected chi connectivity index (χ0v) is 12.8. The number of halogens is 1. The molecule has 100 valence electrons. The minimum atomic E-state index is 0.391. The lowest BCUT2D eigenvalue weighted by molar-refractivity contribution is 0.652. The van der Waals surface area contributed by atoms with Crippen molar-refractivity contribution in [3.8, 4) is 0 Å². The fourth-order valence-electron chi connectivity index (χ4n) is 1.80. The third-order valence-electron chi connectivity index (χ3n) is 3.17. The van der Waals surface area contributed by atoms with Crippen LogP contribution in [0.3, 0.4) is 0 Å². The minimum absolute atomic E-state index is 0.391. The Balaban J connectivity index is 1.99. The Morgan fingerprint density at radius 3 is 2.42 bits per heavy atom. The second kappa shape index (κ2) is 6.99. The normalized spacial score (nSPS) is 12.4. The molecule has 0 heterocycles.